The van der Waals surface area contributed by atoms with Gasteiger partial charge in [-0.15, -0.1) is 0 Å². The van der Waals surface area contributed by atoms with E-state index in [1.807, 2.05) is 58.0 Å². The summed E-state index contributed by atoms with van der Waals surface area (Å²) >= 11 is 0. The largest absolute Gasteiger partial charge is 0.459 e. The third-order valence-electron chi connectivity index (χ3n) is 3.83. The highest BCUT2D eigenvalue weighted by atomic mass is 16.3. The van der Waals surface area contributed by atoms with Crippen molar-refractivity contribution >= 4 is 22.8 Å². The van der Waals surface area contributed by atoms with E-state index in [2.05, 4.69) is 20.9 Å². The summed E-state index contributed by atoms with van der Waals surface area (Å²) in [7, 11) is 1.72. The Hall–Kier alpha value is -2.50. The molecule has 3 N–H and O–H groups in total. The zero-order valence-electron chi connectivity index (χ0n) is 15.6. The highest BCUT2D eigenvalue weighted by molar-refractivity contribution is 5.82. The molecule has 0 bridgehead atoms. The fourth-order valence-electron chi connectivity index (χ4n) is 2.31. The molecule has 1 aromatic carbocycles. The summed E-state index contributed by atoms with van der Waals surface area (Å²) in [5, 5.41) is 10.5. The van der Waals surface area contributed by atoms with Crippen molar-refractivity contribution in [1.82, 2.24) is 16.0 Å². The molecule has 136 valence electrons. The van der Waals surface area contributed by atoms with Crippen LogP contribution in [0.15, 0.2) is 39.7 Å². The van der Waals surface area contributed by atoms with Gasteiger partial charge in [0, 0.05) is 30.9 Å². The maximum Gasteiger partial charge on any atom is 0.225 e. The molecule has 1 unspecified atom stereocenters. The SMILES string of the molecule is CN=C(NCCNC(=O)C(C)(C)C)NC(C)c1cc2ccccc2o1. The second kappa shape index (κ2) is 8.05. The van der Waals surface area contributed by atoms with Crippen molar-refractivity contribution in [3.63, 3.8) is 0 Å². The lowest BCUT2D eigenvalue weighted by Crippen LogP contribution is -2.44. The van der Waals surface area contributed by atoms with Gasteiger partial charge < -0.3 is 20.4 Å². The van der Waals surface area contributed by atoms with Gasteiger partial charge in [0.25, 0.3) is 0 Å². The Balaban J connectivity index is 1.84. The number of rotatable bonds is 5. The normalized spacial score (nSPS) is 13.6. The van der Waals surface area contributed by atoms with E-state index in [4.69, 9.17) is 4.42 Å². The number of carbonyl (C=O) groups is 1. The maximum atomic E-state index is 11.8. The average molecular weight is 344 g/mol. The van der Waals surface area contributed by atoms with Crippen molar-refractivity contribution in [1.29, 1.82) is 0 Å². The van der Waals surface area contributed by atoms with Crippen LogP contribution in [0.1, 0.15) is 39.5 Å². The van der Waals surface area contributed by atoms with Gasteiger partial charge in [0.05, 0.1) is 6.04 Å². The molecule has 1 atom stereocenters. The average Bonchev–Trinajstić information content (AvgIpc) is 3.00. The van der Waals surface area contributed by atoms with Gasteiger partial charge in [-0.25, -0.2) is 0 Å². The Labute approximate surface area is 149 Å². The molecular weight excluding hydrogens is 316 g/mol. The molecule has 6 nitrogen and oxygen atoms in total. The first kappa shape index (κ1) is 18.8. The first-order chi connectivity index (χ1) is 11.8. The van der Waals surface area contributed by atoms with E-state index in [1.54, 1.807) is 7.05 Å². The van der Waals surface area contributed by atoms with Crippen molar-refractivity contribution in [2.45, 2.75) is 33.7 Å². The van der Waals surface area contributed by atoms with Crippen LogP contribution in [-0.2, 0) is 4.79 Å². The number of hydrogen-bond donors (Lipinski definition) is 3. The summed E-state index contributed by atoms with van der Waals surface area (Å²) in [6, 6.07) is 9.94. The first-order valence-corrected chi connectivity index (χ1v) is 8.55. The van der Waals surface area contributed by atoms with Gasteiger partial charge >= 0.3 is 0 Å². The van der Waals surface area contributed by atoms with Crippen LogP contribution in [0.25, 0.3) is 11.0 Å². The standard InChI is InChI=1S/C19H28N4O2/c1-13(16-12-14-8-6-7-9-15(14)25-16)23-18(20-5)22-11-10-21-17(24)19(2,3)4/h6-9,12-13H,10-11H2,1-5H3,(H,21,24)(H2,20,22,23). The number of guanidine groups is 1. The fourth-order valence-corrected chi connectivity index (χ4v) is 2.31. The molecule has 2 aromatic rings. The Kier molecular flexibility index (Phi) is 6.07. The zero-order chi connectivity index (χ0) is 18.4. The monoisotopic (exact) mass is 344 g/mol. The number of aliphatic imine (C=N–C) groups is 1. The van der Waals surface area contributed by atoms with Gasteiger partial charge in [0.2, 0.25) is 5.91 Å². The van der Waals surface area contributed by atoms with Gasteiger partial charge in [0.15, 0.2) is 5.96 Å². The van der Waals surface area contributed by atoms with Gasteiger partial charge in [0.1, 0.15) is 11.3 Å². The first-order valence-electron chi connectivity index (χ1n) is 8.55. The second-order valence-corrected chi connectivity index (χ2v) is 7.06. The molecule has 0 aliphatic heterocycles. The number of carbonyl (C=O) groups excluding carboxylic acids is 1. The molecular formula is C19H28N4O2. The van der Waals surface area contributed by atoms with Crippen LogP contribution in [0, 0.1) is 5.41 Å². The molecule has 0 radical (unpaired) electrons. The minimum Gasteiger partial charge on any atom is -0.459 e. The summed E-state index contributed by atoms with van der Waals surface area (Å²) in [5.41, 5.74) is 0.495. The Morgan fingerprint density at radius 1 is 1.20 bits per heavy atom. The van der Waals surface area contributed by atoms with Crippen molar-refractivity contribution in [2.75, 3.05) is 20.1 Å². The Bertz CT molecular complexity index is 710. The van der Waals surface area contributed by atoms with E-state index in [-0.39, 0.29) is 17.4 Å². The van der Waals surface area contributed by atoms with Crippen LogP contribution >= 0.6 is 0 Å². The minimum absolute atomic E-state index is 0.0252. The predicted octanol–water partition coefficient (Wildman–Crippen LogP) is 2.82. The van der Waals surface area contributed by atoms with E-state index >= 15 is 0 Å². The van der Waals surface area contributed by atoms with Gasteiger partial charge in [-0.2, -0.15) is 0 Å². The fraction of sp³-hybridized carbons (Fsp3) is 0.474. The highest BCUT2D eigenvalue weighted by Crippen LogP contribution is 2.23. The number of benzene rings is 1. The van der Waals surface area contributed by atoms with Crippen molar-refractivity contribution in [2.24, 2.45) is 10.4 Å². The summed E-state index contributed by atoms with van der Waals surface area (Å²) < 4.78 is 5.87. The van der Waals surface area contributed by atoms with Crippen LogP contribution in [0.3, 0.4) is 0 Å². The van der Waals surface area contributed by atoms with Gasteiger partial charge in [-0.05, 0) is 19.1 Å². The zero-order valence-corrected chi connectivity index (χ0v) is 15.6. The van der Waals surface area contributed by atoms with Crippen molar-refractivity contribution in [3.8, 4) is 0 Å². The topological polar surface area (TPSA) is 78.7 Å². The maximum absolute atomic E-state index is 11.8. The summed E-state index contributed by atoms with van der Waals surface area (Å²) in [5.74, 6) is 1.55. The predicted molar refractivity (Wildman–Crippen MR) is 102 cm³/mol. The van der Waals surface area contributed by atoms with Crippen LogP contribution in [-0.4, -0.2) is 32.0 Å². The van der Waals surface area contributed by atoms with Gasteiger partial charge in [-0.1, -0.05) is 39.0 Å². The number of nitrogens with one attached hydrogen (secondary N) is 3. The van der Waals surface area contributed by atoms with E-state index in [0.717, 1.165) is 16.7 Å². The molecule has 0 fully saturated rings. The summed E-state index contributed by atoms with van der Waals surface area (Å²) in [6.07, 6.45) is 0. The molecule has 0 spiro atoms. The molecule has 0 aliphatic rings. The molecule has 2 rings (SSSR count). The summed E-state index contributed by atoms with van der Waals surface area (Å²) in [4.78, 5) is 16.0. The molecule has 25 heavy (non-hydrogen) atoms. The van der Waals surface area contributed by atoms with Crippen LogP contribution in [0.4, 0.5) is 0 Å². The minimum atomic E-state index is -0.379. The number of furan rings is 1. The molecule has 1 heterocycles. The molecule has 1 aromatic heterocycles. The second-order valence-electron chi connectivity index (χ2n) is 7.06. The van der Waals surface area contributed by atoms with Crippen molar-refractivity contribution < 1.29 is 9.21 Å². The molecule has 0 saturated carbocycles. The molecule has 1 amide bonds. The number of hydrogen-bond acceptors (Lipinski definition) is 3. The van der Waals surface area contributed by atoms with Crippen LogP contribution in [0.5, 0.6) is 0 Å². The number of nitrogens with zero attached hydrogens (tertiary/aromatic N) is 1. The van der Waals surface area contributed by atoms with Crippen LogP contribution in [0.2, 0.25) is 0 Å². The molecule has 0 saturated heterocycles. The van der Waals surface area contributed by atoms with Crippen LogP contribution < -0.4 is 16.0 Å². The number of para-hydroxylation sites is 1. The lowest BCUT2D eigenvalue weighted by molar-refractivity contribution is -0.128. The Morgan fingerprint density at radius 3 is 2.52 bits per heavy atom. The van der Waals surface area contributed by atoms with E-state index in [0.29, 0.717) is 19.0 Å². The van der Waals surface area contributed by atoms with E-state index in [1.165, 1.54) is 0 Å². The highest BCUT2D eigenvalue weighted by Gasteiger charge is 2.20. The molecule has 6 heteroatoms. The third-order valence-corrected chi connectivity index (χ3v) is 3.83. The van der Waals surface area contributed by atoms with E-state index < -0.39 is 0 Å². The smallest absolute Gasteiger partial charge is 0.225 e. The van der Waals surface area contributed by atoms with E-state index in [9.17, 15) is 4.79 Å². The third kappa shape index (κ3) is 5.24. The lowest BCUT2D eigenvalue weighted by Gasteiger charge is -2.19. The lowest BCUT2D eigenvalue weighted by atomic mass is 9.96. The Morgan fingerprint density at radius 2 is 1.88 bits per heavy atom. The van der Waals surface area contributed by atoms with Gasteiger partial charge in [-0.3, -0.25) is 9.79 Å². The summed E-state index contributed by atoms with van der Waals surface area (Å²) in [6.45, 7) is 8.83. The molecule has 0 aliphatic carbocycles. The van der Waals surface area contributed by atoms with Crippen molar-refractivity contribution in [3.05, 3.63) is 36.1 Å². The number of fused-ring (bicyclic) bond motifs is 1. The quantitative estimate of drug-likeness (QED) is 0.443. The number of amides is 1.